The molecule has 1 atom stereocenters. The van der Waals surface area contributed by atoms with Crippen LogP contribution in [0.15, 0.2) is 6.07 Å². The van der Waals surface area contributed by atoms with E-state index in [0.717, 1.165) is 11.4 Å². The number of nitrogens with zero attached hydrogens (tertiary/aromatic N) is 1. The molecule has 0 aliphatic rings. The summed E-state index contributed by atoms with van der Waals surface area (Å²) >= 11 is 0. The van der Waals surface area contributed by atoms with Gasteiger partial charge < -0.3 is 5.73 Å². The highest BCUT2D eigenvalue weighted by Gasteiger charge is 2.00. The lowest BCUT2D eigenvalue weighted by Gasteiger charge is -1.95. The Morgan fingerprint density at radius 3 is 2.50 bits per heavy atom. The van der Waals surface area contributed by atoms with Crippen LogP contribution in [0.25, 0.3) is 0 Å². The van der Waals surface area contributed by atoms with Crippen LogP contribution in [0.4, 0.5) is 0 Å². The normalized spacial score (nSPS) is 12.3. The number of hydrogen-bond donors (Lipinski definition) is 2. The predicted molar refractivity (Wildman–Crippen MR) is 43.2 cm³/mol. The first kappa shape index (κ1) is 9.46. The smallest absolute Gasteiger partial charge is 0.0789 e. The predicted octanol–water partition coefficient (Wildman–Crippen LogP) is 1.16. The van der Waals surface area contributed by atoms with Crippen molar-refractivity contribution in [2.45, 2.75) is 19.9 Å². The molecule has 1 rings (SSSR count). The van der Waals surface area contributed by atoms with Crippen molar-refractivity contribution in [2.75, 3.05) is 0 Å². The molecule has 0 spiro atoms. The fourth-order valence-electron chi connectivity index (χ4n) is 0.672. The van der Waals surface area contributed by atoms with E-state index in [0.29, 0.717) is 0 Å². The molecule has 0 aliphatic carbocycles. The standard InChI is InChI=1S/C6H11N3.ClH/c1-4-3-6(5(2)7)9-8-4;/h3,5H,7H2,1-2H3,(H,8,9);1H. The average molecular weight is 162 g/mol. The van der Waals surface area contributed by atoms with Crippen molar-refractivity contribution < 1.29 is 0 Å². The maximum absolute atomic E-state index is 5.54. The second-order valence-corrected chi connectivity index (χ2v) is 2.26. The molecule has 0 saturated heterocycles. The van der Waals surface area contributed by atoms with Gasteiger partial charge in [0.1, 0.15) is 0 Å². The van der Waals surface area contributed by atoms with Crippen LogP contribution in [0, 0.1) is 6.92 Å². The summed E-state index contributed by atoms with van der Waals surface area (Å²) in [5.41, 5.74) is 7.53. The summed E-state index contributed by atoms with van der Waals surface area (Å²) in [5, 5.41) is 6.79. The molecule has 1 heterocycles. The van der Waals surface area contributed by atoms with Gasteiger partial charge in [0, 0.05) is 11.7 Å². The van der Waals surface area contributed by atoms with Gasteiger partial charge in [-0.25, -0.2) is 0 Å². The molecule has 0 bridgehead atoms. The van der Waals surface area contributed by atoms with Crippen LogP contribution >= 0.6 is 12.4 Å². The van der Waals surface area contributed by atoms with Crippen LogP contribution in [0.5, 0.6) is 0 Å². The molecule has 0 amide bonds. The van der Waals surface area contributed by atoms with Gasteiger partial charge in [-0.1, -0.05) is 0 Å². The molecular weight excluding hydrogens is 150 g/mol. The number of hydrogen-bond acceptors (Lipinski definition) is 2. The molecule has 0 fully saturated rings. The molecule has 10 heavy (non-hydrogen) atoms. The third-order valence-electron chi connectivity index (χ3n) is 1.19. The quantitative estimate of drug-likeness (QED) is 0.650. The van der Waals surface area contributed by atoms with E-state index in [9.17, 15) is 0 Å². The largest absolute Gasteiger partial charge is 0.323 e. The zero-order chi connectivity index (χ0) is 6.85. The van der Waals surface area contributed by atoms with E-state index in [1.165, 1.54) is 0 Å². The van der Waals surface area contributed by atoms with Crippen molar-refractivity contribution in [3.05, 3.63) is 17.5 Å². The van der Waals surface area contributed by atoms with Crippen molar-refractivity contribution in [3.8, 4) is 0 Å². The fourth-order valence-corrected chi connectivity index (χ4v) is 0.672. The lowest BCUT2D eigenvalue weighted by molar-refractivity contribution is 0.772. The minimum absolute atomic E-state index is 0. The Kier molecular flexibility index (Phi) is 3.39. The van der Waals surface area contributed by atoms with Gasteiger partial charge in [0.2, 0.25) is 0 Å². The molecular formula is C6H12ClN3. The van der Waals surface area contributed by atoms with E-state index >= 15 is 0 Å². The molecule has 0 radical (unpaired) electrons. The van der Waals surface area contributed by atoms with Gasteiger partial charge in [0.05, 0.1) is 5.69 Å². The average Bonchev–Trinajstić information content (AvgIpc) is 2.14. The Balaban J connectivity index is 0.000000810. The topological polar surface area (TPSA) is 54.7 Å². The summed E-state index contributed by atoms with van der Waals surface area (Å²) in [6, 6.07) is 1.99. The highest BCUT2D eigenvalue weighted by atomic mass is 35.5. The van der Waals surface area contributed by atoms with Gasteiger partial charge in [-0.15, -0.1) is 12.4 Å². The van der Waals surface area contributed by atoms with E-state index in [4.69, 9.17) is 5.73 Å². The lowest BCUT2D eigenvalue weighted by atomic mass is 10.2. The lowest BCUT2D eigenvalue weighted by Crippen LogP contribution is -2.04. The summed E-state index contributed by atoms with van der Waals surface area (Å²) in [5.74, 6) is 0. The van der Waals surface area contributed by atoms with Crippen LogP contribution in [-0.2, 0) is 0 Å². The number of nitrogens with one attached hydrogen (secondary N) is 1. The van der Waals surface area contributed by atoms with Crippen LogP contribution < -0.4 is 5.73 Å². The first-order valence-electron chi connectivity index (χ1n) is 2.97. The minimum atomic E-state index is 0. The van der Waals surface area contributed by atoms with E-state index in [1.807, 2.05) is 19.9 Å². The SMILES string of the molecule is Cc1cc(C(C)N)n[nH]1.Cl. The van der Waals surface area contributed by atoms with Crippen molar-refractivity contribution >= 4 is 12.4 Å². The van der Waals surface area contributed by atoms with Gasteiger partial charge in [-0.3, -0.25) is 5.10 Å². The summed E-state index contributed by atoms with van der Waals surface area (Å²) < 4.78 is 0. The van der Waals surface area contributed by atoms with Crippen molar-refractivity contribution in [3.63, 3.8) is 0 Å². The van der Waals surface area contributed by atoms with E-state index in [-0.39, 0.29) is 18.4 Å². The molecule has 1 unspecified atom stereocenters. The number of aromatic nitrogens is 2. The Labute approximate surface area is 66.4 Å². The number of aromatic amines is 1. The summed E-state index contributed by atoms with van der Waals surface area (Å²) in [6.07, 6.45) is 0. The van der Waals surface area contributed by atoms with E-state index in [1.54, 1.807) is 0 Å². The van der Waals surface area contributed by atoms with Gasteiger partial charge in [-0.2, -0.15) is 5.10 Å². The molecule has 4 heteroatoms. The number of aryl methyl sites for hydroxylation is 1. The number of rotatable bonds is 1. The number of halogens is 1. The molecule has 3 nitrogen and oxygen atoms in total. The van der Waals surface area contributed by atoms with Crippen molar-refractivity contribution in [1.82, 2.24) is 10.2 Å². The van der Waals surface area contributed by atoms with E-state index < -0.39 is 0 Å². The second-order valence-electron chi connectivity index (χ2n) is 2.26. The third kappa shape index (κ3) is 2.01. The molecule has 0 aromatic carbocycles. The number of nitrogens with two attached hydrogens (primary N) is 1. The summed E-state index contributed by atoms with van der Waals surface area (Å²) in [7, 11) is 0. The fraction of sp³-hybridized carbons (Fsp3) is 0.500. The highest BCUT2D eigenvalue weighted by molar-refractivity contribution is 5.85. The highest BCUT2D eigenvalue weighted by Crippen LogP contribution is 2.05. The molecule has 1 aromatic rings. The van der Waals surface area contributed by atoms with Gasteiger partial charge in [0.25, 0.3) is 0 Å². The monoisotopic (exact) mass is 161 g/mol. The molecule has 58 valence electrons. The second kappa shape index (κ2) is 3.58. The zero-order valence-corrected chi connectivity index (χ0v) is 6.90. The first-order valence-corrected chi connectivity index (χ1v) is 2.97. The number of H-pyrrole nitrogens is 1. The maximum atomic E-state index is 5.54. The van der Waals surface area contributed by atoms with Crippen LogP contribution in [0.3, 0.4) is 0 Å². The first-order chi connectivity index (χ1) is 4.20. The third-order valence-corrected chi connectivity index (χ3v) is 1.19. The Morgan fingerprint density at radius 2 is 2.30 bits per heavy atom. The summed E-state index contributed by atoms with van der Waals surface area (Å²) in [6.45, 7) is 3.87. The molecule has 3 N–H and O–H groups in total. The Bertz CT molecular complexity index is 195. The molecule has 0 saturated carbocycles. The van der Waals surface area contributed by atoms with Gasteiger partial charge in [0.15, 0.2) is 0 Å². The van der Waals surface area contributed by atoms with Gasteiger partial charge in [-0.05, 0) is 19.9 Å². The van der Waals surface area contributed by atoms with Crippen molar-refractivity contribution in [2.24, 2.45) is 5.73 Å². The Hall–Kier alpha value is -0.540. The minimum Gasteiger partial charge on any atom is -0.323 e. The van der Waals surface area contributed by atoms with Crippen LogP contribution in [-0.4, -0.2) is 10.2 Å². The maximum Gasteiger partial charge on any atom is 0.0789 e. The van der Waals surface area contributed by atoms with Crippen LogP contribution in [0.1, 0.15) is 24.4 Å². The van der Waals surface area contributed by atoms with Gasteiger partial charge >= 0.3 is 0 Å². The zero-order valence-electron chi connectivity index (χ0n) is 6.09. The summed E-state index contributed by atoms with van der Waals surface area (Å²) in [4.78, 5) is 0. The van der Waals surface area contributed by atoms with Crippen molar-refractivity contribution in [1.29, 1.82) is 0 Å². The Morgan fingerprint density at radius 1 is 1.70 bits per heavy atom. The van der Waals surface area contributed by atoms with Crippen LogP contribution in [0.2, 0.25) is 0 Å². The molecule has 0 aliphatic heterocycles. The molecule has 1 aromatic heterocycles. The van der Waals surface area contributed by atoms with E-state index in [2.05, 4.69) is 10.2 Å².